The molecule has 0 saturated carbocycles. The van der Waals surface area contributed by atoms with E-state index in [1.54, 1.807) is 31.2 Å². The van der Waals surface area contributed by atoms with E-state index in [-0.39, 0.29) is 23.7 Å². The van der Waals surface area contributed by atoms with Crippen LogP contribution in [0, 0.1) is 0 Å². The molecule has 1 aromatic carbocycles. The maximum Gasteiger partial charge on any atom is 0.219 e. The van der Waals surface area contributed by atoms with Gasteiger partial charge in [-0.15, -0.1) is 0 Å². The molecular formula is C10H15N5O. The minimum absolute atomic E-state index is 0.0178. The normalized spacial score (nSPS) is 13.2. The first kappa shape index (κ1) is 11.8. The summed E-state index contributed by atoms with van der Waals surface area (Å²) in [6.45, 7) is 1.78. The monoisotopic (exact) mass is 221 g/mol. The number of aliphatic imine (C=N–C) groups is 2. The van der Waals surface area contributed by atoms with Crippen LogP contribution in [0.5, 0.6) is 5.75 Å². The Morgan fingerprint density at radius 2 is 1.88 bits per heavy atom. The molecule has 0 aromatic heterocycles. The number of hydrogen-bond donors (Lipinski definition) is 4. The SMILES string of the molecule is CC(N=C(N)N=C(N)N)c1ccccc1O. The van der Waals surface area contributed by atoms with Gasteiger partial charge in [-0.1, -0.05) is 18.2 Å². The fraction of sp³-hybridized carbons (Fsp3) is 0.200. The summed E-state index contributed by atoms with van der Waals surface area (Å²) in [7, 11) is 0. The van der Waals surface area contributed by atoms with Crippen LogP contribution in [-0.2, 0) is 0 Å². The summed E-state index contributed by atoms with van der Waals surface area (Å²) in [5.41, 5.74) is 16.5. The van der Waals surface area contributed by atoms with E-state index < -0.39 is 0 Å². The Kier molecular flexibility index (Phi) is 3.71. The molecule has 16 heavy (non-hydrogen) atoms. The number of aromatic hydroxyl groups is 1. The number of rotatable bonds is 2. The molecule has 1 aromatic rings. The van der Waals surface area contributed by atoms with E-state index in [0.29, 0.717) is 5.56 Å². The van der Waals surface area contributed by atoms with Crippen molar-refractivity contribution in [2.75, 3.05) is 0 Å². The Morgan fingerprint density at radius 1 is 1.25 bits per heavy atom. The highest BCUT2D eigenvalue weighted by Gasteiger charge is 2.08. The van der Waals surface area contributed by atoms with Crippen LogP contribution in [0.2, 0.25) is 0 Å². The Balaban J connectivity index is 2.92. The van der Waals surface area contributed by atoms with Gasteiger partial charge in [-0.2, -0.15) is 4.99 Å². The van der Waals surface area contributed by atoms with Crippen molar-refractivity contribution >= 4 is 11.9 Å². The third-order valence-electron chi connectivity index (χ3n) is 1.96. The van der Waals surface area contributed by atoms with Gasteiger partial charge >= 0.3 is 0 Å². The van der Waals surface area contributed by atoms with Gasteiger partial charge < -0.3 is 22.3 Å². The zero-order chi connectivity index (χ0) is 12.1. The van der Waals surface area contributed by atoms with Crippen LogP contribution >= 0.6 is 0 Å². The zero-order valence-corrected chi connectivity index (χ0v) is 8.96. The van der Waals surface area contributed by atoms with Crippen molar-refractivity contribution < 1.29 is 5.11 Å². The largest absolute Gasteiger partial charge is 0.508 e. The average Bonchev–Trinajstić information content (AvgIpc) is 2.16. The van der Waals surface area contributed by atoms with Gasteiger partial charge in [0.05, 0.1) is 6.04 Å². The number of phenolic OH excluding ortho intramolecular Hbond substituents is 1. The molecule has 0 aliphatic heterocycles. The lowest BCUT2D eigenvalue weighted by Gasteiger charge is -2.08. The maximum atomic E-state index is 9.58. The van der Waals surface area contributed by atoms with Crippen molar-refractivity contribution in [1.29, 1.82) is 0 Å². The number of nitrogens with two attached hydrogens (primary N) is 3. The van der Waals surface area contributed by atoms with Crippen molar-refractivity contribution in [2.24, 2.45) is 27.2 Å². The molecule has 0 spiro atoms. The Morgan fingerprint density at radius 3 is 2.44 bits per heavy atom. The third-order valence-corrected chi connectivity index (χ3v) is 1.96. The molecule has 0 radical (unpaired) electrons. The van der Waals surface area contributed by atoms with Crippen molar-refractivity contribution in [3.8, 4) is 5.75 Å². The number of phenols is 1. The molecule has 0 amide bonds. The van der Waals surface area contributed by atoms with E-state index in [2.05, 4.69) is 9.98 Å². The standard InChI is InChI=1S/C10H15N5O/c1-6(14-10(13)15-9(11)12)7-4-2-3-5-8(7)16/h2-6,16H,1H3,(H6,11,12,13,14,15). The van der Waals surface area contributed by atoms with Crippen LogP contribution in [0.4, 0.5) is 0 Å². The van der Waals surface area contributed by atoms with Gasteiger partial charge in [0, 0.05) is 5.56 Å². The molecule has 0 bridgehead atoms. The summed E-state index contributed by atoms with van der Waals surface area (Å²) < 4.78 is 0. The summed E-state index contributed by atoms with van der Waals surface area (Å²) in [6.07, 6.45) is 0. The number of nitrogens with zero attached hydrogens (tertiary/aromatic N) is 2. The van der Waals surface area contributed by atoms with Crippen LogP contribution in [0.15, 0.2) is 34.3 Å². The van der Waals surface area contributed by atoms with Crippen LogP contribution in [0.25, 0.3) is 0 Å². The smallest absolute Gasteiger partial charge is 0.219 e. The van der Waals surface area contributed by atoms with E-state index in [1.165, 1.54) is 0 Å². The van der Waals surface area contributed by atoms with Gasteiger partial charge in [0.25, 0.3) is 0 Å². The number of guanidine groups is 2. The quantitative estimate of drug-likeness (QED) is 0.416. The molecule has 7 N–H and O–H groups in total. The molecule has 6 nitrogen and oxygen atoms in total. The Hall–Kier alpha value is -2.24. The number of para-hydroxylation sites is 1. The first-order valence-corrected chi connectivity index (χ1v) is 4.71. The van der Waals surface area contributed by atoms with Gasteiger partial charge in [-0.05, 0) is 13.0 Å². The summed E-state index contributed by atoms with van der Waals surface area (Å²) in [5.74, 6) is -0.00210. The summed E-state index contributed by atoms with van der Waals surface area (Å²) in [6, 6.07) is 6.56. The first-order valence-electron chi connectivity index (χ1n) is 4.71. The topological polar surface area (TPSA) is 123 Å². The first-order chi connectivity index (χ1) is 7.50. The third kappa shape index (κ3) is 3.16. The Bertz CT molecular complexity index is 423. The Labute approximate surface area is 93.5 Å². The molecule has 1 rings (SSSR count). The molecule has 0 aliphatic carbocycles. The molecule has 0 heterocycles. The zero-order valence-electron chi connectivity index (χ0n) is 8.96. The highest BCUT2D eigenvalue weighted by atomic mass is 16.3. The highest BCUT2D eigenvalue weighted by Crippen LogP contribution is 2.25. The summed E-state index contributed by atoms with van der Waals surface area (Å²) >= 11 is 0. The molecule has 6 heteroatoms. The summed E-state index contributed by atoms with van der Waals surface area (Å²) in [4.78, 5) is 7.63. The van der Waals surface area contributed by atoms with Gasteiger partial charge in [0.1, 0.15) is 5.75 Å². The van der Waals surface area contributed by atoms with E-state index in [9.17, 15) is 5.11 Å². The van der Waals surface area contributed by atoms with Gasteiger partial charge in [-0.25, -0.2) is 4.99 Å². The maximum absolute atomic E-state index is 9.58. The van der Waals surface area contributed by atoms with E-state index in [4.69, 9.17) is 17.2 Å². The minimum atomic E-state index is -0.315. The van der Waals surface area contributed by atoms with Crippen molar-refractivity contribution in [3.05, 3.63) is 29.8 Å². The number of hydrogen-bond acceptors (Lipinski definition) is 2. The average molecular weight is 221 g/mol. The van der Waals surface area contributed by atoms with Gasteiger partial charge in [0.15, 0.2) is 5.96 Å². The fourth-order valence-corrected chi connectivity index (χ4v) is 1.27. The van der Waals surface area contributed by atoms with E-state index >= 15 is 0 Å². The second-order valence-electron chi connectivity index (χ2n) is 3.26. The molecule has 86 valence electrons. The second kappa shape index (κ2) is 5.01. The predicted octanol–water partition coefficient (Wildman–Crippen LogP) is 0.0413. The predicted molar refractivity (Wildman–Crippen MR) is 64.0 cm³/mol. The summed E-state index contributed by atoms with van der Waals surface area (Å²) in [5, 5.41) is 9.58. The second-order valence-corrected chi connectivity index (χ2v) is 3.26. The minimum Gasteiger partial charge on any atom is -0.508 e. The number of benzene rings is 1. The van der Waals surface area contributed by atoms with Crippen molar-refractivity contribution in [3.63, 3.8) is 0 Å². The van der Waals surface area contributed by atoms with Crippen molar-refractivity contribution in [2.45, 2.75) is 13.0 Å². The molecule has 0 saturated heterocycles. The molecule has 1 atom stereocenters. The van der Waals surface area contributed by atoms with Crippen LogP contribution in [0.1, 0.15) is 18.5 Å². The van der Waals surface area contributed by atoms with Crippen LogP contribution in [-0.4, -0.2) is 17.0 Å². The lowest BCUT2D eigenvalue weighted by atomic mass is 10.1. The highest BCUT2D eigenvalue weighted by molar-refractivity contribution is 5.92. The van der Waals surface area contributed by atoms with Gasteiger partial charge in [0.2, 0.25) is 5.96 Å². The van der Waals surface area contributed by atoms with E-state index in [1.807, 2.05) is 0 Å². The molecule has 1 unspecified atom stereocenters. The van der Waals surface area contributed by atoms with Crippen LogP contribution in [0.3, 0.4) is 0 Å². The van der Waals surface area contributed by atoms with Crippen LogP contribution < -0.4 is 17.2 Å². The van der Waals surface area contributed by atoms with E-state index in [0.717, 1.165) is 0 Å². The fourth-order valence-electron chi connectivity index (χ4n) is 1.27. The molecule has 0 aliphatic rings. The molecular weight excluding hydrogens is 206 g/mol. The lowest BCUT2D eigenvalue weighted by molar-refractivity contribution is 0.464. The molecule has 0 fully saturated rings. The van der Waals surface area contributed by atoms with Crippen molar-refractivity contribution in [1.82, 2.24) is 0 Å². The van der Waals surface area contributed by atoms with Gasteiger partial charge in [-0.3, -0.25) is 0 Å². The lowest BCUT2D eigenvalue weighted by Crippen LogP contribution is -2.26.